The maximum atomic E-state index is 12.8. The summed E-state index contributed by atoms with van der Waals surface area (Å²) in [6.07, 6.45) is 3.09. The fraction of sp³-hybridized carbons (Fsp3) is 0.444. The van der Waals surface area contributed by atoms with Crippen LogP contribution in [0.4, 0.5) is 16.0 Å². The molecule has 2 aliphatic heterocycles. The number of ether oxygens (including phenoxy) is 1. The predicted octanol–water partition coefficient (Wildman–Crippen LogP) is 2.28. The van der Waals surface area contributed by atoms with Gasteiger partial charge in [-0.1, -0.05) is 11.3 Å². The van der Waals surface area contributed by atoms with Crippen molar-refractivity contribution in [2.45, 2.75) is 31.7 Å². The van der Waals surface area contributed by atoms with Gasteiger partial charge in [0.25, 0.3) is 0 Å². The molecule has 0 aliphatic carbocycles. The fourth-order valence-electron chi connectivity index (χ4n) is 3.45. The second kappa shape index (κ2) is 7.51. The zero-order valence-corrected chi connectivity index (χ0v) is 15.9. The number of carbonyl (C=O) groups is 2. The Labute approximate surface area is 161 Å². The molecule has 27 heavy (non-hydrogen) atoms. The van der Waals surface area contributed by atoms with Crippen LogP contribution in [0.5, 0.6) is 5.75 Å². The molecule has 0 radical (unpaired) electrons. The first kappa shape index (κ1) is 17.7. The summed E-state index contributed by atoms with van der Waals surface area (Å²) in [4.78, 5) is 28.4. The average Bonchev–Trinajstić information content (AvgIpc) is 3.41. The van der Waals surface area contributed by atoms with E-state index in [1.807, 2.05) is 29.2 Å². The van der Waals surface area contributed by atoms with Gasteiger partial charge in [-0.2, -0.15) is 0 Å². The molecule has 2 fully saturated rings. The van der Waals surface area contributed by atoms with Crippen molar-refractivity contribution in [2.24, 2.45) is 0 Å². The molecule has 1 aromatic heterocycles. The second-order valence-electron chi connectivity index (χ2n) is 6.59. The Bertz CT molecular complexity index is 838. The Morgan fingerprint density at radius 3 is 2.67 bits per heavy atom. The molecular weight excluding hydrogens is 366 g/mol. The number of amides is 2. The fourth-order valence-corrected chi connectivity index (χ4v) is 4.42. The minimum atomic E-state index is -0.290. The predicted molar refractivity (Wildman–Crippen MR) is 103 cm³/mol. The van der Waals surface area contributed by atoms with Gasteiger partial charge < -0.3 is 15.0 Å². The molecule has 0 saturated carbocycles. The Kier molecular flexibility index (Phi) is 4.93. The van der Waals surface area contributed by atoms with E-state index >= 15 is 0 Å². The highest BCUT2D eigenvalue weighted by atomic mass is 32.1. The largest absolute Gasteiger partial charge is 0.497 e. The summed E-state index contributed by atoms with van der Waals surface area (Å²) in [7, 11) is 1.61. The van der Waals surface area contributed by atoms with E-state index in [1.165, 1.54) is 11.3 Å². The van der Waals surface area contributed by atoms with E-state index < -0.39 is 0 Å². The summed E-state index contributed by atoms with van der Waals surface area (Å²) in [6, 6.07) is 6.97. The number of aromatic nitrogens is 2. The Balaban J connectivity index is 1.46. The number of methoxy groups -OCH3 is 1. The lowest BCUT2D eigenvalue weighted by atomic mass is 10.2. The molecule has 1 atom stereocenters. The number of nitrogens with zero attached hydrogens (tertiary/aromatic N) is 4. The second-order valence-corrected chi connectivity index (χ2v) is 7.52. The van der Waals surface area contributed by atoms with Crippen molar-refractivity contribution in [3.8, 4) is 5.75 Å². The third-order valence-corrected chi connectivity index (χ3v) is 5.85. The van der Waals surface area contributed by atoms with E-state index in [0.29, 0.717) is 23.2 Å². The molecule has 2 amide bonds. The molecule has 2 aromatic rings. The van der Waals surface area contributed by atoms with Crippen LogP contribution in [0.1, 0.15) is 25.7 Å². The molecule has 4 rings (SSSR count). The first-order valence-electron chi connectivity index (χ1n) is 9.01. The van der Waals surface area contributed by atoms with Gasteiger partial charge in [0.2, 0.25) is 22.1 Å². The molecule has 2 aliphatic rings. The standard InChI is InChI=1S/C18H21N5O3S/c1-26-13-8-6-12(7-9-13)19-16(25)14-4-2-10-22(14)17-20-21-18(27-17)23-11-3-5-15(23)24/h6-9,14H,2-5,10-11H2,1H3,(H,19,25)/t14-/m1/s1. The van der Waals surface area contributed by atoms with Crippen molar-refractivity contribution in [3.63, 3.8) is 0 Å². The normalized spacial score (nSPS) is 19.6. The van der Waals surface area contributed by atoms with Gasteiger partial charge in [0, 0.05) is 25.2 Å². The van der Waals surface area contributed by atoms with E-state index in [0.717, 1.165) is 37.2 Å². The minimum absolute atomic E-state index is 0.0633. The van der Waals surface area contributed by atoms with Crippen molar-refractivity contribution in [3.05, 3.63) is 24.3 Å². The van der Waals surface area contributed by atoms with Crippen molar-refractivity contribution in [2.75, 3.05) is 35.3 Å². The number of nitrogens with one attached hydrogen (secondary N) is 1. The number of carbonyl (C=O) groups excluding carboxylic acids is 2. The van der Waals surface area contributed by atoms with Crippen LogP contribution in [0.25, 0.3) is 0 Å². The van der Waals surface area contributed by atoms with Crippen molar-refractivity contribution in [1.29, 1.82) is 0 Å². The lowest BCUT2D eigenvalue weighted by molar-refractivity contribution is -0.117. The Morgan fingerprint density at radius 1 is 1.19 bits per heavy atom. The first-order valence-corrected chi connectivity index (χ1v) is 9.83. The monoisotopic (exact) mass is 387 g/mol. The summed E-state index contributed by atoms with van der Waals surface area (Å²) in [5, 5.41) is 12.7. The summed E-state index contributed by atoms with van der Waals surface area (Å²) >= 11 is 1.38. The van der Waals surface area contributed by atoms with E-state index in [2.05, 4.69) is 15.5 Å². The van der Waals surface area contributed by atoms with E-state index in [9.17, 15) is 9.59 Å². The molecular formula is C18H21N5O3S. The van der Waals surface area contributed by atoms with Crippen LogP contribution in [0.3, 0.4) is 0 Å². The molecule has 3 heterocycles. The SMILES string of the molecule is COc1ccc(NC(=O)[C@H]2CCCN2c2nnc(N3CCCC3=O)s2)cc1. The van der Waals surface area contributed by atoms with Gasteiger partial charge in [-0.25, -0.2) is 0 Å². The minimum Gasteiger partial charge on any atom is -0.497 e. The summed E-state index contributed by atoms with van der Waals surface area (Å²) in [5.74, 6) is 0.771. The maximum absolute atomic E-state index is 12.8. The smallest absolute Gasteiger partial charge is 0.247 e. The maximum Gasteiger partial charge on any atom is 0.247 e. The van der Waals surface area contributed by atoms with Crippen molar-refractivity contribution < 1.29 is 14.3 Å². The van der Waals surface area contributed by atoms with Crippen molar-refractivity contribution >= 4 is 39.1 Å². The van der Waals surface area contributed by atoms with Gasteiger partial charge in [-0.3, -0.25) is 14.5 Å². The number of hydrogen-bond acceptors (Lipinski definition) is 7. The van der Waals surface area contributed by atoms with Crippen LogP contribution in [0.15, 0.2) is 24.3 Å². The third-order valence-electron chi connectivity index (χ3n) is 4.87. The van der Waals surface area contributed by atoms with Gasteiger partial charge in [-0.15, -0.1) is 10.2 Å². The number of benzene rings is 1. The quantitative estimate of drug-likeness (QED) is 0.847. The number of anilines is 3. The molecule has 9 heteroatoms. The Hall–Kier alpha value is -2.68. The third kappa shape index (κ3) is 3.59. The topological polar surface area (TPSA) is 87.7 Å². The van der Waals surface area contributed by atoms with Crippen LogP contribution in [0.2, 0.25) is 0 Å². The molecule has 1 N–H and O–H groups in total. The number of hydrogen-bond donors (Lipinski definition) is 1. The number of rotatable bonds is 5. The summed E-state index contributed by atoms with van der Waals surface area (Å²) in [6.45, 7) is 1.44. The molecule has 2 saturated heterocycles. The Morgan fingerprint density at radius 2 is 1.96 bits per heavy atom. The van der Waals surface area contributed by atoms with Crippen LogP contribution >= 0.6 is 11.3 Å². The highest BCUT2D eigenvalue weighted by Gasteiger charge is 2.34. The van der Waals surface area contributed by atoms with Crippen molar-refractivity contribution in [1.82, 2.24) is 10.2 Å². The molecule has 142 valence electrons. The van der Waals surface area contributed by atoms with Gasteiger partial charge in [0.1, 0.15) is 11.8 Å². The van der Waals surface area contributed by atoms with E-state index in [1.54, 1.807) is 12.0 Å². The van der Waals surface area contributed by atoms with Gasteiger partial charge in [0.15, 0.2) is 0 Å². The lowest BCUT2D eigenvalue weighted by Crippen LogP contribution is -2.39. The molecule has 0 unspecified atom stereocenters. The van der Waals surface area contributed by atoms with Gasteiger partial charge in [0.05, 0.1) is 7.11 Å². The molecule has 0 bridgehead atoms. The zero-order valence-electron chi connectivity index (χ0n) is 15.1. The van der Waals surface area contributed by atoms with Gasteiger partial charge in [-0.05, 0) is 43.5 Å². The highest BCUT2D eigenvalue weighted by molar-refractivity contribution is 7.19. The van der Waals surface area contributed by atoms with E-state index in [-0.39, 0.29) is 17.9 Å². The highest BCUT2D eigenvalue weighted by Crippen LogP contribution is 2.34. The van der Waals surface area contributed by atoms with Crippen LogP contribution in [0, 0.1) is 0 Å². The molecule has 1 aromatic carbocycles. The lowest BCUT2D eigenvalue weighted by Gasteiger charge is -2.22. The summed E-state index contributed by atoms with van der Waals surface area (Å²) < 4.78 is 5.14. The summed E-state index contributed by atoms with van der Waals surface area (Å²) in [5.41, 5.74) is 0.730. The van der Waals surface area contributed by atoms with E-state index in [4.69, 9.17) is 4.74 Å². The van der Waals surface area contributed by atoms with Crippen LogP contribution in [-0.4, -0.2) is 48.3 Å². The van der Waals surface area contributed by atoms with Crippen LogP contribution < -0.4 is 19.9 Å². The first-order chi connectivity index (χ1) is 13.2. The average molecular weight is 387 g/mol. The molecule has 0 spiro atoms. The zero-order chi connectivity index (χ0) is 18.8. The molecule has 8 nitrogen and oxygen atoms in total. The van der Waals surface area contributed by atoms with Crippen LogP contribution in [-0.2, 0) is 9.59 Å². The van der Waals surface area contributed by atoms with Gasteiger partial charge >= 0.3 is 0 Å².